The summed E-state index contributed by atoms with van der Waals surface area (Å²) < 4.78 is 39.5. The first-order valence-corrected chi connectivity index (χ1v) is 8.95. The molecule has 0 spiro atoms. The molecule has 27 heavy (non-hydrogen) atoms. The minimum Gasteiger partial charge on any atom is -0.312 e. The van der Waals surface area contributed by atoms with Crippen molar-refractivity contribution in [2.24, 2.45) is 11.0 Å². The normalized spacial score (nSPS) is 24.0. The minimum absolute atomic E-state index is 0.113. The topological polar surface area (TPSA) is 27.6 Å². The maximum Gasteiger partial charge on any atom is 0.407 e. The summed E-state index contributed by atoms with van der Waals surface area (Å²) in [6, 6.07) is 18.7. The molecule has 0 amide bonds. The first-order chi connectivity index (χ1) is 13.0. The van der Waals surface area contributed by atoms with Crippen molar-refractivity contribution in [3.05, 3.63) is 77.4 Å². The first kappa shape index (κ1) is 17.8. The summed E-state index contributed by atoms with van der Waals surface area (Å²) >= 11 is 0. The third-order valence-electron chi connectivity index (χ3n) is 4.92. The Labute approximate surface area is 156 Å². The number of fused-ring (bicyclic) bond motifs is 1. The molecule has 1 fully saturated rings. The average molecular weight is 371 g/mol. The molecular weight excluding hydrogens is 351 g/mol. The maximum absolute atomic E-state index is 13.2. The molecule has 2 aromatic carbocycles. The van der Waals surface area contributed by atoms with Gasteiger partial charge in [-0.2, -0.15) is 18.3 Å². The van der Waals surface area contributed by atoms with Crippen molar-refractivity contribution in [1.82, 2.24) is 10.3 Å². The van der Waals surface area contributed by atoms with Crippen LogP contribution in [0, 0.1) is 5.92 Å². The zero-order valence-corrected chi connectivity index (χ0v) is 14.7. The van der Waals surface area contributed by atoms with Gasteiger partial charge in [-0.3, -0.25) is 5.01 Å². The Morgan fingerprint density at radius 3 is 2.37 bits per heavy atom. The fourth-order valence-corrected chi connectivity index (χ4v) is 3.84. The van der Waals surface area contributed by atoms with Gasteiger partial charge in [0.1, 0.15) is 6.54 Å². The van der Waals surface area contributed by atoms with Crippen LogP contribution in [0.3, 0.4) is 0 Å². The standard InChI is InChI=1S/C21H20F3N3/c22-21(23,24)14-27-20(16-9-5-2-6-10-16)18-13-25-12-17(19(18)26-27)11-15-7-3-1-4-8-15/h1-11,18,20,25H,12-14H2/b17-11+. The molecule has 0 bridgehead atoms. The Hall–Kier alpha value is -2.60. The van der Waals surface area contributed by atoms with E-state index in [4.69, 9.17) is 0 Å². The van der Waals surface area contributed by atoms with Crippen LogP contribution in [0.2, 0.25) is 0 Å². The number of benzene rings is 2. The van der Waals surface area contributed by atoms with Crippen molar-refractivity contribution in [3.63, 3.8) is 0 Å². The minimum atomic E-state index is -4.30. The zero-order chi connectivity index (χ0) is 18.9. The van der Waals surface area contributed by atoms with Crippen LogP contribution in [-0.2, 0) is 0 Å². The van der Waals surface area contributed by atoms with Crippen LogP contribution in [0.1, 0.15) is 17.2 Å². The van der Waals surface area contributed by atoms with E-state index in [0.29, 0.717) is 13.1 Å². The van der Waals surface area contributed by atoms with Crippen LogP contribution in [0.25, 0.3) is 6.08 Å². The number of alkyl halides is 3. The average Bonchev–Trinajstić information content (AvgIpc) is 3.00. The summed E-state index contributed by atoms with van der Waals surface area (Å²) in [6.07, 6.45) is -2.29. The number of hydrogen-bond donors (Lipinski definition) is 1. The molecule has 1 saturated heterocycles. The van der Waals surface area contributed by atoms with Crippen molar-refractivity contribution in [2.45, 2.75) is 12.2 Å². The highest BCUT2D eigenvalue weighted by atomic mass is 19.4. The number of halogens is 3. The molecule has 2 heterocycles. The van der Waals surface area contributed by atoms with E-state index in [1.54, 1.807) is 0 Å². The highest BCUT2D eigenvalue weighted by Crippen LogP contribution is 2.40. The van der Waals surface area contributed by atoms with E-state index in [2.05, 4.69) is 10.4 Å². The molecule has 2 atom stereocenters. The zero-order valence-electron chi connectivity index (χ0n) is 14.7. The summed E-state index contributed by atoms with van der Waals surface area (Å²) in [6.45, 7) is 0.162. The van der Waals surface area contributed by atoms with E-state index >= 15 is 0 Å². The molecule has 2 unspecified atom stereocenters. The van der Waals surface area contributed by atoms with E-state index in [1.165, 1.54) is 5.01 Å². The Balaban J connectivity index is 1.72. The summed E-state index contributed by atoms with van der Waals surface area (Å²) in [5, 5.41) is 9.01. The lowest BCUT2D eigenvalue weighted by molar-refractivity contribution is -0.150. The van der Waals surface area contributed by atoms with Crippen LogP contribution >= 0.6 is 0 Å². The molecule has 1 N–H and O–H groups in total. The lowest BCUT2D eigenvalue weighted by Crippen LogP contribution is -2.41. The van der Waals surface area contributed by atoms with E-state index < -0.39 is 18.8 Å². The molecule has 0 saturated carbocycles. The summed E-state index contributed by atoms with van der Waals surface area (Å²) in [7, 11) is 0. The van der Waals surface area contributed by atoms with Crippen LogP contribution in [-0.4, -0.2) is 36.5 Å². The molecular formula is C21H20F3N3. The lowest BCUT2D eigenvalue weighted by atomic mass is 9.84. The first-order valence-electron chi connectivity index (χ1n) is 8.95. The molecule has 0 aromatic heterocycles. The summed E-state index contributed by atoms with van der Waals surface area (Å²) in [5.74, 6) is -0.113. The van der Waals surface area contributed by atoms with Crippen LogP contribution in [0.5, 0.6) is 0 Å². The molecule has 2 aliphatic rings. The van der Waals surface area contributed by atoms with Crippen molar-refractivity contribution < 1.29 is 13.2 Å². The van der Waals surface area contributed by atoms with E-state index in [0.717, 1.165) is 22.4 Å². The Morgan fingerprint density at radius 2 is 1.70 bits per heavy atom. The molecule has 2 aromatic rings. The number of rotatable bonds is 3. The highest BCUT2D eigenvalue weighted by molar-refractivity contribution is 6.07. The van der Waals surface area contributed by atoms with Crippen LogP contribution < -0.4 is 5.32 Å². The quantitative estimate of drug-likeness (QED) is 0.873. The van der Waals surface area contributed by atoms with Crippen molar-refractivity contribution in [1.29, 1.82) is 0 Å². The number of nitrogens with one attached hydrogen (secondary N) is 1. The van der Waals surface area contributed by atoms with Crippen molar-refractivity contribution >= 4 is 11.8 Å². The second-order valence-corrected chi connectivity index (χ2v) is 6.87. The van der Waals surface area contributed by atoms with Gasteiger partial charge in [0.25, 0.3) is 0 Å². The monoisotopic (exact) mass is 371 g/mol. The van der Waals surface area contributed by atoms with Gasteiger partial charge in [0.15, 0.2) is 0 Å². The molecule has 2 aliphatic heterocycles. The SMILES string of the molecule is FC(F)(F)CN1N=C2/C(=C/c3ccccc3)CNCC2C1c1ccccc1. The highest BCUT2D eigenvalue weighted by Gasteiger charge is 2.45. The Bertz CT molecular complexity index is 844. The molecule has 140 valence electrons. The third-order valence-corrected chi connectivity index (χ3v) is 4.92. The van der Waals surface area contributed by atoms with Gasteiger partial charge in [0, 0.05) is 19.0 Å². The molecule has 3 nitrogen and oxygen atoms in total. The van der Waals surface area contributed by atoms with Crippen molar-refractivity contribution in [2.75, 3.05) is 19.6 Å². The smallest absolute Gasteiger partial charge is 0.312 e. The predicted molar refractivity (Wildman–Crippen MR) is 100 cm³/mol. The lowest BCUT2D eigenvalue weighted by Gasteiger charge is -2.31. The van der Waals surface area contributed by atoms with Gasteiger partial charge in [0.2, 0.25) is 0 Å². The second-order valence-electron chi connectivity index (χ2n) is 6.87. The summed E-state index contributed by atoms with van der Waals surface area (Å²) in [5.41, 5.74) is 3.58. The van der Waals surface area contributed by atoms with Gasteiger partial charge in [-0.15, -0.1) is 0 Å². The second kappa shape index (κ2) is 7.19. The number of piperidine rings is 1. The Morgan fingerprint density at radius 1 is 1.04 bits per heavy atom. The maximum atomic E-state index is 13.2. The molecule has 0 aliphatic carbocycles. The van der Waals surface area contributed by atoms with Gasteiger partial charge < -0.3 is 5.32 Å². The van der Waals surface area contributed by atoms with Crippen molar-refractivity contribution in [3.8, 4) is 0 Å². The van der Waals surface area contributed by atoms with E-state index in [-0.39, 0.29) is 5.92 Å². The van der Waals surface area contributed by atoms with Crippen LogP contribution in [0.15, 0.2) is 71.3 Å². The fraction of sp³-hybridized carbons (Fsp3) is 0.286. The van der Waals surface area contributed by atoms with Crippen LogP contribution in [0.4, 0.5) is 13.2 Å². The number of nitrogens with zero attached hydrogens (tertiary/aromatic N) is 2. The van der Waals surface area contributed by atoms with E-state index in [1.807, 2.05) is 66.7 Å². The predicted octanol–water partition coefficient (Wildman–Crippen LogP) is 4.26. The van der Waals surface area contributed by atoms with Gasteiger partial charge in [0.05, 0.1) is 11.8 Å². The van der Waals surface area contributed by atoms with Gasteiger partial charge in [-0.25, -0.2) is 0 Å². The largest absolute Gasteiger partial charge is 0.407 e. The fourth-order valence-electron chi connectivity index (χ4n) is 3.84. The Kier molecular flexibility index (Phi) is 4.74. The van der Waals surface area contributed by atoms with Gasteiger partial charge in [-0.1, -0.05) is 60.7 Å². The van der Waals surface area contributed by atoms with Gasteiger partial charge in [-0.05, 0) is 22.8 Å². The number of hydrazone groups is 1. The van der Waals surface area contributed by atoms with E-state index in [9.17, 15) is 13.2 Å². The molecule has 4 rings (SSSR count). The third kappa shape index (κ3) is 3.90. The summed E-state index contributed by atoms with van der Waals surface area (Å²) in [4.78, 5) is 0. The molecule has 6 heteroatoms. The van der Waals surface area contributed by atoms with Gasteiger partial charge >= 0.3 is 6.18 Å². The molecule has 0 radical (unpaired) electrons. The number of hydrogen-bond acceptors (Lipinski definition) is 3.